The fourth-order valence-corrected chi connectivity index (χ4v) is 6.24. The third-order valence-electron chi connectivity index (χ3n) is 7.51. The largest absolute Gasteiger partial charge is 0.464 e. The highest BCUT2D eigenvalue weighted by molar-refractivity contribution is 8.26. The number of aliphatic imine (C=N–C) groups is 1. The van der Waals surface area contributed by atoms with Crippen LogP contribution < -0.4 is 15.2 Å². The maximum absolute atomic E-state index is 13.7. The van der Waals surface area contributed by atoms with Crippen molar-refractivity contribution in [1.29, 1.82) is 5.41 Å². The monoisotopic (exact) mass is 656 g/mol. The van der Waals surface area contributed by atoms with Crippen molar-refractivity contribution in [2.45, 2.75) is 85.5 Å². The molecule has 7 nitrogen and oxygen atoms in total. The van der Waals surface area contributed by atoms with Gasteiger partial charge in [-0.3, -0.25) is 14.5 Å². The quantitative estimate of drug-likeness (QED) is 0.0648. The van der Waals surface area contributed by atoms with Crippen molar-refractivity contribution in [3.05, 3.63) is 100 Å². The molecule has 1 atom stereocenters. The zero-order valence-corrected chi connectivity index (χ0v) is 28.5. The zero-order valence-electron chi connectivity index (χ0n) is 27.7. The molecule has 1 heterocycles. The molecule has 0 bridgehead atoms. The molecule has 0 saturated heterocycles. The average Bonchev–Trinajstić information content (AvgIpc) is 3.06. The molecule has 1 aromatic carbocycles. The number of alkyl halides is 2. The molecule has 1 aromatic rings. The molecule has 46 heavy (non-hydrogen) atoms. The first-order valence-electron chi connectivity index (χ1n) is 15.7. The molecule has 0 spiro atoms. The van der Waals surface area contributed by atoms with E-state index in [4.69, 9.17) is 15.9 Å². The molecule has 6 N–H and O–H groups in total. The van der Waals surface area contributed by atoms with Gasteiger partial charge in [-0.05, 0) is 103 Å². The number of hydrogen-bond donors (Lipinski definition) is 5. The molecule has 1 aliphatic rings. The molecule has 0 amide bonds. The molecule has 0 aliphatic carbocycles. The summed E-state index contributed by atoms with van der Waals surface area (Å²) in [4.78, 5) is 4.38. The van der Waals surface area contributed by atoms with Gasteiger partial charge in [-0.15, -0.1) is 10.8 Å². The van der Waals surface area contributed by atoms with Crippen LogP contribution in [0, 0.1) is 5.41 Å². The summed E-state index contributed by atoms with van der Waals surface area (Å²) in [6, 6.07) is 4.01. The van der Waals surface area contributed by atoms with E-state index in [0.29, 0.717) is 34.6 Å². The first kappa shape index (κ1) is 38.6. The summed E-state index contributed by atoms with van der Waals surface area (Å²) in [5, 5.41) is 8.30. The lowest BCUT2D eigenvalue weighted by molar-refractivity contribution is 0.150. The predicted molar refractivity (Wildman–Crippen MR) is 193 cm³/mol. The molecule has 252 valence electrons. The molecule has 1 unspecified atom stereocenters. The van der Waals surface area contributed by atoms with Crippen LogP contribution in [0.15, 0.2) is 88.5 Å². The van der Waals surface area contributed by atoms with Crippen LogP contribution in [0.1, 0.15) is 95.8 Å². The lowest BCUT2D eigenvalue weighted by atomic mass is 9.84. The van der Waals surface area contributed by atoms with Gasteiger partial charge >= 0.3 is 0 Å². The number of nitrogens with one attached hydrogen (secondary N) is 2. The van der Waals surface area contributed by atoms with Crippen molar-refractivity contribution in [3.63, 3.8) is 0 Å². The Morgan fingerprint density at radius 1 is 1.20 bits per heavy atom. The molecule has 0 saturated carbocycles. The van der Waals surface area contributed by atoms with E-state index in [2.05, 4.69) is 36.2 Å². The number of amidine groups is 2. The van der Waals surface area contributed by atoms with E-state index in [1.54, 1.807) is 50.3 Å². The summed E-state index contributed by atoms with van der Waals surface area (Å²) in [6.07, 6.45) is 15.7. The molecule has 0 radical (unpaired) electrons. The topological polar surface area (TPSA) is 124 Å². The van der Waals surface area contributed by atoms with Gasteiger partial charge in [0.25, 0.3) is 0 Å². The van der Waals surface area contributed by atoms with Gasteiger partial charge in [0.2, 0.25) is 6.43 Å². The van der Waals surface area contributed by atoms with Crippen LogP contribution in [0.2, 0.25) is 0 Å². The first-order chi connectivity index (χ1) is 21.9. The highest BCUT2D eigenvalue weighted by Crippen LogP contribution is 2.44. The van der Waals surface area contributed by atoms with Crippen molar-refractivity contribution in [2.24, 2.45) is 10.7 Å². The Morgan fingerprint density at radius 3 is 2.54 bits per heavy atom. The lowest BCUT2D eigenvalue weighted by Gasteiger charge is -2.33. The number of fused-ring (bicyclic) bond motifs is 1. The predicted octanol–water partition coefficient (Wildman–Crippen LogP) is 10.3. The van der Waals surface area contributed by atoms with Crippen LogP contribution in [0.5, 0.6) is 5.75 Å². The third kappa shape index (κ3) is 11.3. The second-order valence-corrected chi connectivity index (χ2v) is 12.8. The summed E-state index contributed by atoms with van der Waals surface area (Å²) in [5.74, 6) is 0.689. The number of unbranched alkanes of at least 4 members (excludes halogenated alkanes) is 1. The summed E-state index contributed by atoms with van der Waals surface area (Å²) >= 11 is 0. The number of halogens is 2. The minimum Gasteiger partial charge on any atom is -0.464 e. The van der Waals surface area contributed by atoms with E-state index >= 15 is 0 Å². The van der Waals surface area contributed by atoms with Crippen LogP contribution in [0.25, 0.3) is 11.6 Å². The number of benzene rings is 1. The van der Waals surface area contributed by atoms with Crippen LogP contribution in [0.4, 0.5) is 8.78 Å². The van der Waals surface area contributed by atoms with Crippen molar-refractivity contribution >= 4 is 34.1 Å². The standard InChI is InChI=1S/C36H50F2N4O3S/c1-7-12-19-41-46(43,44)30(11-5)16-13-20-45-32-22-29(26(10-4)14-8-2)21-28-17-18-34(39)42-35(40)24-31(36(28)32)25(6)27(15-9-3)23-33(37)38/h9,11,13,15-18,20-22,24,26,33,41,43-44H,5,7-8,10,12,14,19,23H2,1-4,6H3,(H3,39,40,42)/b15-9-,18-17+,20-13+,27-25-,30-16+,31-24?. The number of allylic oxidation sites excluding steroid dienone is 8. The lowest BCUT2D eigenvalue weighted by Crippen LogP contribution is -2.21. The highest BCUT2D eigenvalue weighted by atomic mass is 32.3. The average molecular weight is 657 g/mol. The van der Waals surface area contributed by atoms with Crippen molar-refractivity contribution < 1.29 is 22.6 Å². The Morgan fingerprint density at radius 2 is 1.93 bits per heavy atom. The van der Waals surface area contributed by atoms with Crippen molar-refractivity contribution in [3.8, 4) is 5.75 Å². The Bertz CT molecular complexity index is 1440. The summed E-state index contributed by atoms with van der Waals surface area (Å²) < 4.78 is 57.8. The number of nitrogens with zero attached hydrogens (tertiary/aromatic N) is 1. The molecular formula is C36H50F2N4O3S. The minimum absolute atomic E-state index is 0.0502. The molecule has 2 rings (SSSR count). The van der Waals surface area contributed by atoms with Gasteiger partial charge in [0.15, 0.2) is 0 Å². The summed E-state index contributed by atoms with van der Waals surface area (Å²) in [6.45, 7) is 14.0. The number of nitrogens with two attached hydrogens (primary N) is 1. The first-order valence-corrected chi connectivity index (χ1v) is 17.3. The van der Waals surface area contributed by atoms with Gasteiger partial charge in [0.1, 0.15) is 17.4 Å². The van der Waals surface area contributed by atoms with E-state index in [9.17, 15) is 17.9 Å². The fraction of sp³-hybridized carbons (Fsp3) is 0.389. The van der Waals surface area contributed by atoms with Gasteiger partial charge in [0, 0.05) is 18.5 Å². The van der Waals surface area contributed by atoms with E-state index in [1.165, 1.54) is 18.4 Å². The smallest absolute Gasteiger partial charge is 0.242 e. The second kappa shape index (κ2) is 19.2. The van der Waals surface area contributed by atoms with E-state index < -0.39 is 23.6 Å². The van der Waals surface area contributed by atoms with E-state index in [-0.39, 0.29) is 22.5 Å². The maximum Gasteiger partial charge on any atom is 0.242 e. The minimum atomic E-state index is -3.25. The third-order valence-corrected chi connectivity index (χ3v) is 9.08. The molecular weight excluding hydrogens is 606 g/mol. The van der Waals surface area contributed by atoms with Crippen LogP contribution in [-0.4, -0.2) is 33.7 Å². The van der Waals surface area contributed by atoms with Gasteiger partial charge in [0.05, 0.1) is 11.2 Å². The SMILES string of the molecule is C=C/C(=C\C=C\Oc1cc(C(CC)CCC)cc2c1C(/C(C)=C(/C=C\C)CC(F)F)=CC(N)=NC(=N)/C=C/2)S(O)(O)NCCCC. The van der Waals surface area contributed by atoms with Gasteiger partial charge in [-0.2, -0.15) is 0 Å². The number of hydrogen-bond acceptors (Lipinski definition) is 6. The van der Waals surface area contributed by atoms with Crippen LogP contribution in [-0.2, 0) is 0 Å². The van der Waals surface area contributed by atoms with Gasteiger partial charge in [-0.1, -0.05) is 64.5 Å². The van der Waals surface area contributed by atoms with E-state index in [0.717, 1.165) is 43.2 Å². The fourth-order valence-electron chi connectivity index (χ4n) is 5.14. The Labute approximate surface area is 275 Å². The molecule has 1 aliphatic heterocycles. The van der Waals surface area contributed by atoms with Crippen molar-refractivity contribution in [2.75, 3.05) is 6.54 Å². The molecule has 0 fully saturated rings. The van der Waals surface area contributed by atoms with Gasteiger partial charge < -0.3 is 10.5 Å². The summed E-state index contributed by atoms with van der Waals surface area (Å²) in [5.41, 5.74) is 10.2. The second-order valence-electron chi connectivity index (χ2n) is 11.0. The number of rotatable bonds is 17. The Balaban J connectivity index is 2.86. The van der Waals surface area contributed by atoms with Gasteiger partial charge in [-0.25, -0.2) is 18.5 Å². The van der Waals surface area contributed by atoms with E-state index in [1.807, 2.05) is 13.0 Å². The number of ether oxygens (including phenoxy) is 1. The normalized spacial score (nSPS) is 16.7. The van der Waals surface area contributed by atoms with Crippen LogP contribution in [0.3, 0.4) is 0 Å². The Kier molecular flexibility index (Phi) is 16.1. The highest BCUT2D eigenvalue weighted by Gasteiger charge is 2.22. The zero-order chi connectivity index (χ0) is 34.3. The molecule has 0 aromatic heterocycles. The maximum atomic E-state index is 13.7. The molecule has 10 heteroatoms. The summed E-state index contributed by atoms with van der Waals surface area (Å²) in [7, 11) is -3.25. The Hall–Kier alpha value is -3.57. The van der Waals surface area contributed by atoms with Crippen molar-refractivity contribution in [1.82, 2.24) is 4.72 Å². The van der Waals surface area contributed by atoms with Crippen LogP contribution >= 0.6 is 10.8 Å².